The third-order valence-electron chi connectivity index (χ3n) is 5.86. The molecule has 34 heavy (non-hydrogen) atoms. The Morgan fingerprint density at radius 1 is 0.588 bits per heavy atom. The van der Waals surface area contributed by atoms with E-state index in [1.54, 1.807) is 0 Å². The van der Waals surface area contributed by atoms with E-state index in [4.69, 9.17) is 0 Å². The molecule has 1 aliphatic carbocycles. The van der Waals surface area contributed by atoms with E-state index in [0.717, 1.165) is 6.42 Å². The van der Waals surface area contributed by atoms with Crippen LogP contribution in [0, 0.1) is 6.08 Å². The quantitative estimate of drug-likeness (QED) is 0.298. The van der Waals surface area contributed by atoms with Crippen LogP contribution in [-0.2, 0) is 26.2 Å². The van der Waals surface area contributed by atoms with Crippen LogP contribution in [-0.4, -0.2) is 0 Å². The number of allylic oxidation sites excluding steroid dienone is 4. The molecule has 0 amide bonds. The summed E-state index contributed by atoms with van der Waals surface area (Å²) in [6.45, 7) is 0. The number of hydrogen-bond donors (Lipinski definition) is 0. The van der Waals surface area contributed by atoms with Crippen molar-refractivity contribution in [2.75, 3.05) is 0 Å². The Kier molecular flexibility index (Phi) is 11.1. The number of hydrogen-bond acceptors (Lipinski definition) is 0. The zero-order chi connectivity index (χ0) is 20.9. The average Bonchev–Trinajstić information content (AvgIpc) is 3.49. The maximum atomic E-state index is 3.39. The minimum Gasteiger partial charge on any atom is -1.00 e. The summed E-state index contributed by atoms with van der Waals surface area (Å²) < 4.78 is 0. The van der Waals surface area contributed by atoms with Crippen LogP contribution in [0.5, 0.6) is 0 Å². The normalized spacial score (nSPS) is 11.6. The van der Waals surface area contributed by atoms with Gasteiger partial charge in [-0.1, -0.05) is 103 Å². The summed E-state index contributed by atoms with van der Waals surface area (Å²) in [5.74, 6) is 0.336. The molecule has 6 rings (SSSR count). The average molecular weight is 559 g/mol. The van der Waals surface area contributed by atoms with Crippen LogP contribution in [0.1, 0.15) is 23.5 Å². The van der Waals surface area contributed by atoms with Crippen molar-refractivity contribution in [3.63, 3.8) is 0 Å². The largest absolute Gasteiger partial charge is 4.00 e. The summed E-state index contributed by atoms with van der Waals surface area (Å²) >= 11 is 0. The van der Waals surface area contributed by atoms with Crippen molar-refractivity contribution in [2.45, 2.75) is 12.3 Å². The second kappa shape index (κ2) is 13.5. The van der Waals surface area contributed by atoms with Gasteiger partial charge in [-0.2, -0.15) is 5.57 Å². The van der Waals surface area contributed by atoms with Gasteiger partial charge in [-0.05, 0) is 11.1 Å². The first-order chi connectivity index (χ1) is 15.4. The second-order valence-corrected chi connectivity index (χ2v) is 7.85. The molecule has 166 valence electrons. The van der Waals surface area contributed by atoms with E-state index < -0.39 is 0 Å². The first-order valence-electron chi connectivity index (χ1n) is 10.8. The Morgan fingerprint density at radius 2 is 1.03 bits per heavy atom. The summed E-state index contributed by atoms with van der Waals surface area (Å²) in [5.41, 5.74) is 4.04. The van der Waals surface area contributed by atoms with Crippen LogP contribution < -0.4 is 24.8 Å². The summed E-state index contributed by atoms with van der Waals surface area (Å²) in [6, 6.07) is 40.6. The van der Waals surface area contributed by atoms with Gasteiger partial charge in [-0.3, -0.25) is 6.08 Å². The fourth-order valence-corrected chi connectivity index (χ4v) is 4.40. The maximum Gasteiger partial charge on any atom is 4.00 e. The van der Waals surface area contributed by atoms with Crippen LogP contribution >= 0.6 is 0 Å². The van der Waals surface area contributed by atoms with Crippen LogP contribution in [0.15, 0.2) is 133 Å². The molecule has 0 radical (unpaired) electrons. The number of halogens is 2. The van der Waals surface area contributed by atoms with Gasteiger partial charge in [-0.15, -0.1) is 39.7 Å². The van der Waals surface area contributed by atoms with Crippen molar-refractivity contribution >= 4 is 21.5 Å². The van der Waals surface area contributed by atoms with Gasteiger partial charge < -0.3 is 24.8 Å². The molecule has 0 saturated carbocycles. The van der Waals surface area contributed by atoms with E-state index in [2.05, 4.69) is 127 Å². The van der Waals surface area contributed by atoms with Crippen molar-refractivity contribution < 1.29 is 51.0 Å². The number of benzene rings is 4. The topological polar surface area (TPSA) is 0 Å². The fraction of sp³-hybridized carbons (Fsp3) is 0.0645. The predicted molar refractivity (Wildman–Crippen MR) is 132 cm³/mol. The molecular formula is C31H24Cl2Zr. The van der Waals surface area contributed by atoms with Gasteiger partial charge in [0, 0.05) is 5.92 Å². The maximum absolute atomic E-state index is 3.39. The Bertz CT molecular complexity index is 1260. The molecule has 0 spiro atoms. The monoisotopic (exact) mass is 556 g/mol. The molecule has 5 aromatic rings. The van der Waals surface area contributed by atoms with E-state index >= 15 is 0 Å². The van der Waals surface area contributed by atoms with Crippen molar-refractivity contribution in [3.8, 4) is 0 Å². The molecule has 0 bridgehead atoms. The molecule has 0 saturated heterocycles. The second-order valence-electron chi connectivity index (χ2n) is 7.85. The Morgan fingerprint density at radius 3 is 1.47 bits per heavy atom. The molecule has 0 fully saturated rings. The molecule has 0 aliphatic heterocycles. The van der Waals surface area contributed by atoms with Gasteiger partial charge in [0.15, 0.2) is 0 Å². The molecule has 0 nitrogen and oxygen atoms in total. The SMILES string of the molecule is [C-]1=C(C(c2ccccc2)c2ccccc2)CC=C1.[Cl-].[Cl-].[Zr+4].c1ccc2c(c1)[cH-]c1ccccc12. The molecule has 0 unspecified atom stereocenters. The van der Waals surface area contributed by atoms with E-state index in [1.165, 1.54) is 38.2 Å². The van der Waals surface area contributed by atoms with E-state index in [9.17, 15) is 0 Å². The van der Waals surface area contributed by atoms with E-state index in [0.29, 0.717) is 5.92 Å². The molecule has 3 heteroatoms. The Balaban J connectivity index is 0.000000229. The smallest absolute Gasteiger partial charge is 1.00 e. The summed E-state index contributed by atoms with van der Waals surface area (Å²) in [7, 11) is 0. The van der Waals surface area contributed by atoms with Gasteiger partial charge >= 0.3 is 26.2 Å². The minimum atomic E-state index is 0. The van der Waals surface area contributed by atoms with Crippen molar-refractivity contribution in [3.05, 3.63) is 150 Å². The third kappa shape index (κ3) is 6.22. The molecule has 5 aromatic carbocycles. The third-order valence-corrected chi connectivity index (χ3v) is 5.86. The zero-order valence-corrected chi connectivity index (χ0v) is 22.6. The van der Waals surface area contributed by atoms with Gasteiger partial charge in [-0.25, -0.2) is 12.2 Å². The first kappa shape index (κ1) is 27.9. The first-order valence-corrected chi connectivity index (χ1v) is 10.8. The van der Waals surface area contributed by atoms with Crippen LogP contribution in [0.25, 0.3) is 21.5 Å². The number of rotatable bonds is 3. The molecule has 0 aromatic heterocycles. The molecule has 0 N–H and O–H groups in total. The fourth-order valence-electron chi connectivity index (χ4n) is 4.40. The van der Waals surface area contributed by atoms with Gasteiger partial charge in [0.25, 0.3) is 0 Å². The van der Waals surface area contributed by atoms with Crippen LogP contribution in [0.4, 0.5) is 0 Å². The minimum absolute atomic E-state index is 0. The summed E-state index contributed by atoms with van der Waals surface area (Å²) in [5, 5.41) is 5.39. The zero-order valence-electron chi connectivity index (χ0n) is 18.7. The Hall–Kier alpha value is -2.31. The van der Waals surface area contributed by atoms with Gasteiger partial charge in [0.05, 0.1) is 0 Å². The molecule has 0 heterocycles. The predicted octanol–water partition coefficient (Wildman–Crippen LogP) is 2.23. The van der Waals surface area contributed by atoms with E-state index in [1.807, 2.05) is 6.08 Å². The standard InChI is InChI=1S/C18H15.C13H9.2ClH.Zr/c1-3-9-15(10-4-1)18(17-13-7-8-14-17)16-11-5-2-6-12-16;1-3-7-12-10(5-1)9-11-6-2-4-8-13(11)12;;;/h1-12,18H,13H2;1-9H;2*1H;/q2*-1;;;+4/p-2. The van der Waals surface area contributed by atoms with Gasteiger partial charge in [0.2, 0.25) is 0 Å². The van der Waals surface area contributed by atoms with Crippen LogP contribution in [0.3, 0.4) is 0 Å². The summed E-state index contributed by atoms with van der Waals surface area (Å²) in [6.07, 6.45) is 8.61. The van der Waals surface area contributed by atoms with Crippen molar-refractivity contribution in [1.82, 2.24) is 0 Å². The van der Waals surface area contributed by atoms with E-state index in [-0.39, 0.29) is 51.0 Å². The van der Waals surface area contributed by atoms with Crippen LogP contribution in [0.2, 0.25) is 0 Å². The molecule has 1 aliphatic rings. The van der Waals surface area contributed by atoms with Gasteiger partial charge in [0.1, 0.15) is 0 Å². The molecule has 0 atom stereocenters. The molecular weight excluding hydrogens is 534 g/mol. The summed E-state index contributed by atoms with van der Waals surface area (Å²) in [4.78, 5) is 0. The number of fused-ring (bicyclic) bond motifs is 3. The Labute approximate surface area is 233 Å². The van der Waals surface area contributed by atoms with Crippen molar-refractivity contribution in [2.24, 2.45) is 0 Å². The van der Waals surface area contributed by atoms with Crippen molar-refractivity contribution in [1.29, 1.82) is 0 Å².